The summed E-state index contributed by atoms with van der Waals surface area (Å²) < 4.78 is 14.3. The summed E-state index contributed by atoms with van der Waals surface area (Å²) in [7, 11) is 0. The van der Waals surface area contributed by atoms with Crippen LogP contribution in [0.1, 0.15) is 49.8 Å². The molecule has 0 bridgehead atoms. The Bertz CT molecular complexity index is 605. The molecule has 0 heterocycles. The van der Waals surface area contributed by atoms with Crippen molar-refractivity contribution in [1.29, 1.82) is 0 Å². The maximum Gasteiger partial charge on any atom is 0.131 e. The second kappa shape index (κ2) is 4.93. The highest BCUT2D eigenvalue weighted by Gasteiger charge is 2.27. The molecule has 1 nitrogen and oxygen atoms in total. The van der Waals surface area contributed by atoms with Crippen molar-refractivity contribution >= 4 is 10.8 Å². The van der Waals surface area contributed by atoms with Crippen LogP contribution in [-0.4, -0.2) is 6.54 Å². The SMILES string of the molecule is CCNC1CCC(C)c2c1cc(F)c1ccccc21. The quantitative estimate of drug-likeness (QED) is 0.833. The lowest BCUT2D eigenvalue weighted by Crippen LogP contribution is -2.26. The van der Waals surface area contributed by atoms with Gasteiger partial charge in [-0.15, -0.1) is 0 Å². The molecule has 3 rings (SSSR count). The first-order chi connectivity index (χ1) is 9.22. The van der Waals surface area contributed by atoms with E-state index in [1.54, 1.807) is 6.07 Å². The molecule has 1 aliphatic carbocycles. The van der Waals surface area contributed by atoms with Crippen molar-refractivity contribution in [1.82, 2.24) is 5.32 Å². The molecule has 0 amide bonds. The Morgan fingerprint density at radius 1 is 1.21 bits per heavy atom. The van der Waals surface area contributed by atoms with E-state index in [-0.39, 0.29) is 5.82 Å². The van der Waals surface area contributed by atoms with Crippen LogP contribution in [0.2, 0.25) is 0 Å². The van der Waals surface area contributed by atoms with Crippen molar-refractivity contribution in [2.75, 3.05) is 6.54 Å². The van der Waals surface area contributed by atoms with Crippen molar-refractivity contribution in [3.63, 3.8) is 0 Å². The van der Waals surface area contributed by atoms with E-state index in [0.29, 0.717) is 12.0 Å². The Morgan fingerprint density at radius 3 is 2.68 bits per heavy atom. The Hall–Kier alpha value is -1.41. The molecule has 1 aliphatic rings. The number of benzene rings is 2. The molecule has 1 N–H and O–H groups in total. The van der Waals surface area contributed by atoms with E-state index in [2.05, 4.69) is 25.2 Å². The fourth-order valence-corrected chi connectivity index (χ4v) is 3.39. The van der Waals surface area contributed by atoms with Gasteiger partial charge in [0.2, 0.25) is 0 Å². The number of hydrogen-bond donors (Lipinski definition) is 1. The van der Waals surface area contributed by atoms with E-state index in [1.807, 2.05) is 18.2 Å². The molecule has 0 aliphatic heterocycles. The summed E-state index contributed by atoms with van der Waals surface area (Å²) >= 11 is 0. The fourth-order valence-electron chi connectivity index (χ4n) is 3.39. The molecule has 0 radical (unpaired) electrons. The molecule has 2 unspecified atom stereocenters. The minimum Gasteiger partial charge on any atom is -0.310 e. The summed E-state index contributed by atoms with van der Waals surface area (Å²) in [5, 5.41) is 5.33. The summed E-state index contributed by atoms with van der Waals surface area (Å²) in [4.78, 5) is 0. The van der Waals surface area contributed by atoms with E-state index in [9.17, 15) is 4.39 Å². The first-order valence-electron chi connectivity index (χ1n) is 7.16. The van der Waals surface area contributed by atoms with Gasteiger partial charge in [0.05, 0.1) is 0 Å². The molecule has 0 saturated heterocycles. The Kier molecular flexibility index (Phi) is 3.28. The molecule has 19 heavy (non-hydrogen) atoms. The van der Waals surface area contributed by atoms with Crippen LogP contribution in [0.15, 0.2) is 30.3 Å². The van der Waals surface area contributed by atoms with Crippen LogP contribution < -0.4 is 5.32 Å². The fraction of sp³-hybridized carbons (Fsp3) is 0.412. The van der Waals surface area contributed by atoms with Crippen molar-refractivity contribution < 1.29 is 4.39 Å². The lowest BCUT2D eigenvalue weighted by atomic mass is 9.78. The third-order valence-electron chi connectivity index (χ3n) is 4.27. The van der Waals surface area contributed by atoms with Gasteiger partial charge in [-0.2, -0.15) is 0 Å². The van der Waals surface area contributed by atoms with Crippen molar-refractivity contribution in [3.8, 4) is 0 Å². The van der Waals surface area contributed by atoms with Crippen molar-refractivity contribution in [2.24, 2.45) is 0 Å². The highest BCUT2D eigenvalue weighted by Crippen LogP contribution is 2.41. The van der Waals surface area contributed by atoms with Crippen LogP contribution >= 0.6 is 0 Å². The summed E-state index contributed by atoms with van der Waals surface area (Å²) in [5.41, 5.74) is 2.51. The number of fused-ring (bicyclic) bond motifs is 3. The van der Waals surface area contributed by atoms with Crippen LogP contribution in [-0.2, 0) is 0 Å². The third-order valence-corrected chi connectivity index (χ3v) is 4.27. The van der Waals surface area contributed by atoms with E-state index < -0.39 is 0 Å². The van der Waals surface area contributed by atoms with Gasteiger partial charge >= 0.3 is 0 Å². The standard InChI is InChI=1S/C17H20FN/c1-3-19-16-9-8-11(2)17-13-7-5-4-6-12(13)15(18)10-14(16)17/h4-7,10-11,16,19H,3,8-9H2,1-2H3. The topological polar surface area (TPSA) is 12.0 Å². The molecule has 2 atom stereocenters. The zero-order valence-corrected chi connectivity index (χ0v) is 11.5. The maximum absolute atomic E-state index is 14.3. The monoisotopic (exact) mass is 257 g/mol. The normalized spacial score (nSPS) is 22.5. The van der Waals surface area contributed by atoms with Gasteiger partial charge in [0.25, 0.3) is 0 Å². The van der Waals surface area contributed by atoms with Gasteiger partial charge in [-0.25, -0.2) is 4.39 Å². The van der Waals surface area contributed by atoms with Crippen molar-refractivity contribution in [2.45, 2.75) is 38.6 Å². The molecule has 2 aromatic carbocycles. The second-order valence-corrected chi connectivity index (χ2v) is 5.50. The van der Waals surface area contributed by atoms with Crippen LogP contribution in [0.3, 0.4) is 0 Å². The molecular weight excluding hydrogens is 237 g/mol. The Morgan fingerprint density at radius 2 is 1.95 bits per heavy atom. The van der Waals surface area contributed by atoms with Gasteiger partial charge in [-0.05, 0) is 47.9 Å². The first kappa shape index (κ1) is 12.6. The maximum atomic E-state index is 14.3. The Balaban J connectivity index is 2.27. The minimum atomic E-state index is -0.0913. The van der Waals surface area contributed by atoms with Crippen LogP contribution in [0.25, 0.3) is 10.8 Å². The van der Waals surface area contributed by atoms with E-state index in [0.717, 1.165) is 29.3 Å². The smallest absolute Gasteiger partial charge is 0.131 e. The van der Waals surface area contributed by atoms with Gasteiger partial charge in [-0.3, -0.25) is 0 Å². The number of nitrogens with one attached hydrogen (secondary N) is 1. The molecule has 2 heteroatoms. The van der Waals surface area contributed by atoms with Crippen molar-refractivity contribution in [3.05, 3.63) is 47.3 Å². The number of halogens is 1. The van der Waals surface area contributed by atoms with Gasteiger partial charge in [0.1, 0.15) is 5.82 Å². The van der Waals surface area contributed by atoms with E-state index in [1.165, 1.54) is 12.0 Å². The first-order valence-corrected chi connectivity index (χ1v) is 7.16. The average Bonchev–Trinajstić information content (AvgIpc) is 2.42. The predicted molar refractivity (Wildman–Crippen MR) is 78.0 cm³/mol. The lowest BCUT2D eigenvalue weighted by molar-refractivity contribution is 0.441. The molecule has 0 aromatic heterocycles. The van der Waals surface area contributed by atoms with Crippen LogP contribution in [0, 0.1) is 5.82 Å². The largest absolute Gasteiger partial charge is 0.310 e. The summed E-state index contributed by atoms with van der Waals surface area (Å²) in [6.45, 7) is 5.29. The molecular formula is C17H20FN. The second-order valence-electron chi connectivity index (χ2n) is 5.50. The zero-order valence-electron chi connectivity index (χ0n) is 11.5. The third kappa shape index (κ3) is 2.04. The highest BCUT2D eigenvalue weighted by atomic mass is 19.1. The molecule has 0 saturated carbocycles. The molecule has 0 fully saturated rings. The molecule has 100 valence electrons. The zero-order chi connectivity index (χ0) is 13.4. The van der Waals surface area contributed by atoms with Gasteiger partial charge < -0.3 is 5.32 Å². The van der Waals surface area contributed by atoms with E-state index >= 15 is 0 Å². The average molecular weight is 257 g/mol. The Labute approximate surface area is 113 Å². The molecule has 2 aromatic rings. The number of rotatable bonds is 2. The predicted octanol–water partition coefficient (Wildman–Crippen LogP) is 4.53. The highest BCUT2D eigenvalue weighted by molar-refractivity contribution is 5.88. The summed E-state index contributed by atoms with van der Waals surface area (Å²) in [5.74, 6) is 0.418. The number of hydrogen-bond acceptors (Lipinski definition) is 1. The van der Waals surface area contributed by atoms with Crippen LogP contribution in [0.5, 0.6) is 0 Å². The summed E-state index contributed by atoms with van der Waals surface area (Å²) in [6.07, 6.45) is 2.26. The van der Waals surface area contributed by atoms with Gasteiger partial charge in [-0.1, -0.05) is 38.1 Å². The van der Waals surface area contributed by atoms with Gasteiger partial charge in [0.15, 0.2) is 0 Å². The summed E-state index contributed by atoms with van der Waals surface area (Å²) in [6, 6.07) is 9.91. The van der Waals surface area contributed by atoms with E-state index in [4.69, 9.17) is 0 Å². The van der Waals surface area contributed by atoms with Gasteiger partial charge in [0, 0.05) is 11.4 Å². The lowest BCUT2D eigenvalue weighted by Gasteiger charge is -2.31. The molecule has 0 spiro atoms. The minimum absolute atomic E-state index is 0.0913. The van der Waals surface area contributed by atoms with Crippen LogP contribution in [0.4, 0.5) is 4.39 Å².